The van der Waals surface area contributed by atoms with Crippen LogP contribution in [0.5, 0.6) is 0 Å². The zero-order valence-electron chi connectivity index (χ0n) is 13.9. The van der Waals surface area contributed by atoms with Crippen LogP contribution < -0.4 is 0 Å². The highest BCUT2D eigenvalue weighted by Crippen LogP contribution is 2.75. The number of hydrogen-bond acceptors (Lipinski definition) is 3. The maximum absolute atomic E-state index is 12.8. The number of cyclic esters (lactones) is 2. The van der Waals surface area contributed by atoms with E-state index in [1.54, 1.807) is 0 Å². The minimum atomic E-state index is -0.449. The van der Waals surface area contributed by atoms with Gasteiger partial charge in [-0.15, -0.1) is 0 Å². The normalized spacial score (nSPS) is 51.4. The largest absolute Gasteiger partial charge is 0.392 e. The van der Waals surface area contributed by atoms with Crippen molar-refractivity contribution in [3.63, 3.8) is 0 Å². The zero-order chi connectivity index (χ0) is 15.8. The Labute approximate surface area is 137 Å². The fourth-order valence-electron chi connectivity index (χ4n) is 7.40. The smallest absolute Gasteiger partial charge is 0.320 e. The maximum atomic E-state index is 12.8. The van der Waals surface area contributed by atoms with Crippen LogP contribution in [0.2, 0.25) is 0 Å². The third-order valence-corrected chi connectivity index (χ3v) is 7.98. The minimum Gasteiger partial charge on any atom is -0.392 e. The Morgan fingerprint density at radius 3 is 2.65 bits per heavy atom. The van der Waals surface area contributed by atoms with E-state index in [0.717, 1.165) is 19.3 Å². The molecule has 1 saturated heterocycles. The van der Waals surface area contributed by atoms with Crippen LogP contribution in [0.3, 0.4) is 0 Å². The summed E-state index contributed by atoms with van der Waals surface area (Å²) in [6.07, 6.45) is 12.7. The summed E-state index contributed by atoms with van der Waals surface area (Å²) in [5, 5.41) is 0. The SMILES string of the molecule is CCCCCCC12C(=O)OC(=O)C1C1CC2C2C3C=CC(C3)C12. The molecular weight excluding hydrogens is 288 g/mol. The molecule has 3 nitrogen and oxygen atoms in total. The van der Waals surface area contributed by atoms with Crippen LogP contribution in [0.4, 0.5) is 0 Å². The van der Waals surface area contributed by atoms with Gasteiger partial charge in [-0.3, -0.25) is 9.59 Å². The number of unbranched alkanes of at least 4 members (excludes halogenated alkanes) is 3. The van der Waals surface area contributed by atoms with E-state index in [2.05, 4.69) is 19.1 Å². The number of allylic oxidation sites excluding steroid dienone is 2. The van der Waals surface area contributed by atoms with Crippen LogP contribution >= 0.6 is 0 Å². The monoisotopic (exact) mass is 314 g/mol. The lowest BCUT2D eigenvalue weighted by atomic mass is 9.56. The molecular formula is C20H26O3. The number of carbonyl (C=O) groups excluding carboxylic acids is 2. The Balaban J connectivity index is 1.49. The molecule has 3 heteroatoms. The molecule has 4 bridgehead atoms. The quantitative estimate of drug-likeness (QED) is 0.255. The van der Waals surface area contributed by atoms with Crippen molar-refractivity contribution in [2.24, 2.45) is 46.8 Å². The number of fused-ring (bicyclic) bond motifs is 12. The number of carbonyl (C=O) groups is 2. The Morgan fingerprint density at radius 1 is 1.09 bits per heavy atom. The Kier molecular flexibility index (Phi) is 2.91. The van der Waals surface area contributed by atoms with Crippen LogP contribution in [0.25, 0.3) is 0 Å². The Morgan fingerprint density at radius 2 is 1.87 bits per heavy atom. The van der Waals surface area contributed by atoms with Gasteiger partial charge in [-0.1, -0.05) is 44.8 Å². The second-order valence-corrected chi connectivity index (χ2v) is 8.65. The van der Waals surface area contributed by atoms with Crippen LogP contribution in [0, 0.1) is 46.8 Å². The average Bonchev–Trinajstić information content (AvgIpc) is 3.29. The summed E-state index contributed by atoms with van der Waals surface area (Å²) in [6.45, 7) is 2.21. The molecule has 0 amide bonds. The van der Waals surface area contributed by atoms with E-state index in [9.17, 15) is 9.59 Å². The molecule has 4 aliphatic carbocycles. The van der Waals surface area contributed by atoms with E-state index in [4.69, 9.17) is 4.74 Å². The predicted molar refractivity (Wildman–Crippen MR) is 85.1 cm³/mol. The first-order valence-electron chi connectivity index (χ1n) is 9.63. The predicted octanol–water partition coefficient (Wildman–Crippen LogP) is 3.73. The molecule has 1 aliphatic heterocycles. The molecule has 0 aromatic carbocycles. The highest BCUT2D eigenvalue weighted by atomic mass is 16.6. The Hall–Kier alpha value is -1.12. The summed E-state index contributed by atoms with van der Waals surface area (Å²) in [5.41, 5.74) is -0.449. The van der Waals surface area contributed by atoms with Crippen LogP contribution in [0.1, 0.15) is 51.9 Å². The van der Waals surface area contributed by atoms with Gasteiger partial charge in [-0.25, -0.2) is 0 Å². The summed E-state index contributed by atoms with van der Waals surface area (Å²) in [7, 11) is 0. The van der Waals surface area contributed by atoms with Crippen molar-refractivity contribution in [1.29, 1.82) is 0 Å². The van der Waals surface area contributed by atoms with E-state index in [1.807, 2.05) is 0 Å². The molecule has 4 fully saturated rings. The molecule has 0 aromatic rings. The molecule has 5 rings (SSSR count). The van der Waals surface area contributed by atoms with Crippen molar-refractivity contribution >= 4 is 11.9 Å². The highest BCUT2D eigenvalue weighted by Gasteiger charge is 2.77. The van der Waals surface area contributed by atoms with E-state index in [0.29, 0.717) is 35.5 Å². The molecule has 23 heavy (non-hydrogen) atoms. The fraction of sp³-hybridized carbons (Fsp3) is 0.800. The lowest BCUT2D eigenvalue weighted by Gasteiger charge is -2.43. The molecule has 1 heterocycles. The minimum absolute atomic E-state index is 0.115. The van der Waals surface area contributed by atoms with Crippen molar-refractivity contribution in [2.75, 3.05) is 0 Å². The van der Waals surface area contributed by atoms with Crippen molar-refractivity contribution in [2.45, 2.75) is 51.9 Å². The lowest BCUT2D eigenvalue weighted by molar-refractivity contribution is -0.157. The van der Waals surface area contributed by atoms with Gasteiger partial charge in [0, 0.05) is 0 Å². The van der Waals surface area contributed by atoms with Gasteiger partial charge in [0.05, 0.1) is 11.3 Å². The number of rotatable bonds is 5. The summed E-state index contributed by atoms with van der Waals surface area (Å²) in [6, 6.07) is 0. The second-order valence-electron chi connectivity index (χ2n) is 8.65. The van der Waals surface area contributed by atoms with Crippen molar-refractivity contribution in [1.82, 2.24) is 0 Å². The summed E-state index contributed by atoms with van der Waals surface area (Å²) in [5.74, 6) is 2.98. The van der Waals surface area contributed by atoms with Gasteiger partial charge in [-0.05, 0) is 54.8 Å². The third kappa shape index (κ3) is 1.57. The van der Waals surface area contributed by atoms with Gasteiger partial charge in [-0.2, -0.15) is 0 Å². The first kappa shape index (κ1) is 14.2. The fourth-order valence-corrected chi connectivity index (χ4v) is 7.40. The number of esters is 2. The highest BCUT2D eigenvalue weighted by molar-refractivity contribution is 6.00. The topological polar surface area (TPSA) is 43.4 Å². The van der Waals surface area contributed by atoms with Gasteiger partial charge in [0.15, 0.2) is 0 Å². The molecule has 8 atom stereocenters. The van der Waals surface area contributed by atoms with Crippen molar-refractivity contribution < 1.29 is 14.3 Å². The molecule has 0 spiro atoms. The zero-order valence-corrected chi connectivity index (χ0v) is 13.9. The van der Waals surface area contributed by atoms with Gasteiger partial charge in [0.2, 0.25) is 0 Å². The number of ether oxygens (including phenoxy) is 1. The van der Waals surface area contributed by atoms with E-state index < -0.39 is 5.41 Å². The van der Waals surface area contributed by atoms with Gasteiger partial charge < -0.3 is 4.74 Å². The van der Waals surface area contributed by atoms with E-state index in [-0.39, 0.29) is 17.9 Å². The van der Waals surface area contributed by atoms with Crippen LogP contribution in [0.15, 0.2) is 12.2 Å². The van der Waals surface area contributed by atoms with Crippen molar-refractivity contribution in [3.8, 4) is 0 Å². The van der Waals surface area contributed by atoms with Gasteiger partial charge in [0.25, 0.3) is 0 Å². The van der Waals surface area contributed by atoms with Crippen LogP contribution in [-0.4, -0.2) is 11.9 Å². The molecule has 0 aromatic heterocycles. The Bertz CT molecular complexity index is 594. The standard InChI is InChI=1S/C20H26O3/c1-2-3-4-5-8-20-14-10-13(17(20)18(21)23-19(20)22)15-11-6-7-12(9-11)16(14)15/h6-7,11-17H,2-5,8-10H2,1H3. The number of hydrogen-bond donors (Lipinski definition) is 0. The summed E-state index contributed by atoms with van der Waals surface area (Å²) < 4.78 is 5.23. The maximum Gasteiger partial charge on any atom is 0.320 e. The molecule has 3 saturated carbocycles. The summed E-state index contributed by atoms with van der Waals surface area (Å²) >= 11 is 0. The van der Waals surface area contributed by atoms with Gasteiger partial charge in [0.1, 0.15) is 0 Å². The van der Waals surface area contributed by atoms with Gasteiger partial charge >= 0.3 is 11.9 Å². The molecule has 5 aliphatic rings. The molecule has 124 valence electrons. The average molecular weight is 314 g/mol. The summed E-state index contributed by atoms with van der Waals surface area (Å²) in [4.78, 5) is 25.3. The molecule has 0 radical (unpaired) electrons. The lowest BCUT2D eigenvalue weighted by Crippen LogP contribution is -2.47. The van der Waals surface area contributed by atoms with Crippen molar-refractivity contribution in [3.05, 3.63) is 12.2 Å². The third-order valence-electron chi connectivity index (χ3n) is 7.98. The first-order chi connectivity index (χ1) is 11.2. The molecule has 0 N–H and O–H groups in total. The van der Waals surface area contributed by atoms with Crippen LogP contribution in [-0.2, 0) is 14.3 Å². The van der Waals surface area contributed by atoms with E-state index >= 15 is 0 Å². The second kappa shape index (κ2) is 4.70. The first-order valence-corrected chi connectivity index (χ1v) is 9.63. The molecule has 8 unspecified atom stereocenters. The van der Waals surface area contributed by atoms with E-state index in [1.165, 1.54) is 25.7 Å².